The number of aliphatic carboxylic acids is 1. The Morgan fingerprint density at radius 3 is 2.18 bits per heavy atom. The van der Waals surface area contributed by atoms with E-state index in [2.05, 4.69) is 0 Å². The minimum Gasteiger partial charge on any atom is -0.478 e. The molecule has 1 rings (SSSR count). The molecule has 0 saturated heterocycles. The summed E-state index contributed by atoms with van der Waals surface area (Å²) < 4.78 is 10.2. The quantitative estimate of drug-likeness (QED) is 0.630. The van der Waals surface area contributed by atoms with Crippen LogP contribution in [0.1, 0.15) is 24.3 Å². The van der Waals surface area contributed by atoms with Gasteiger partial charge in [-0.3, -0.25) is 0 Å². The Morgan fingerprint density at radius 1 is 1.24 bits per heavy atom. The highest BCUT2D eigenvalue weighted by Crippen LogP contribution is 2.18. The molecule has 0 saturated carbocycles. The zero-order valence-corrected chi connectivity index (χ0v) is 10.1. The second-order valence-electron chi connectivity index (χ2n) is 3.60. The molecule has 1 aromatic rings. The van der Waals surface area contributed by atoms with Crippen LogP contribution in [0.25, 0.3) is 6.08 Å². The number of carbonyl (C=O) groups is 1. The summed E-state index contributed by atoms with van der Waals surface area (Å²) in [5.41, 5.74) is 2.02. The minimum absolute atomic E-state index is 0.299. The molecule has 0 aliphatic heterocycles. The van der Waals surface area contributed by atoms with Crippen LogP contribution in [-0.2, 0) is 14.3 Å². The van der Waals surface area contributed by atoms with Crippen molar-refractivity contribution in [1.29, 1.82) is 0 Å². The van der Waals surface area contributed by atoms with Crippen molar-refractivity contribution in [2.75, 3.05) is 14.2 Å². The molecule has 0 amide bonds. The molecule has 0 radical (unpaired) electrons. The second kappa shape index (κ2) is 6.18. The van der Waals surface area contributed by atoms with Gasteiger partial charge in [-0.2, -0.15) is 0 Å². The summed E-state index contributed by atoms with van der Waals surface area (Å²) in [6.45, 7) is 1.56. The average Bonchev–Trinajstić information content (AvgIpc) is 2.32. The van der Waals surface area contributed by atoms with Gasteiger partial charge in [-0.15, -0.1) is 0 Å². The summed E-state index contributed by atoms with van der Waals surface area (Å²) in [5.74, 6) is -0.916. The van der Waals surface area contributed by atoms with Crippen molar-refractivity contribution in [3.63, 3.8) is 0 Å². The summed E-state index contributed by atoms with van der Waals surface area (Å²) in [5, 5.41) is 8.75. The van der Waals surface area contributed by atoms with Crippen molar-refractivity contribution in [2.24, 2.45) is 0 Å². The van der Waals surface area contributed by atoms with Crippen LogP contribution in [0.4, 0.5) is 0 Å². The number of carboxylic acid groups (broad SMARTS) is 1. The zero-order valence-electron chi connectivity index (χ0n) is 10.1. The lowest BCUT2D eigenvalue weighted by molar-refractivity contribution is -0.132. The van der Waals surface area contributed by atoms with Crippen LogP contribution in [-0.4, -0.2) is 25.3 Å². The van der Waals surface area contributed by atoms with Gasteiger partial charge in [-0.1, -0.05) is 24.3 Å². The summed E-state index contributed by atoms with van der Waals surface area (Å²) in [7, 11) is 3.13. The van der Waals surface area contributed by atoms with Gasteiger partial charge >= 0.3 is 5.97 Å². The highest BCUT2D eigenvalue weighted by Gasteiger charge is 2.07. The molecule has 0 aliphatic carbocycles. The van der Waals surface area contributed by atoms with Gasteiger partial charge in [0.05, 0.1) is 0 Å². The summed E-state index contributed by atoms with van der Waals surface area (Å²) in [6.07, 6.45) is 1.22. The van der Waals surface area contributed by atoms with Crippen molar-refractivity contribution < 1.29 is 19.4 Å². The fourth-order valence-electron chi connectivity index (χ4n) is 1.43. The van der Waals surface area contributed by atoms with Gasteiger partial charge in [0.2, 0.25) is 0 Å². The molecule has 0 bridgehead atoms. The van der Waals surface area contributed by atoms with E-state index in [4.69, 9.17) is 14.6 Å². The third-order valence-corrected chi connectivity index (χ3v) is 2.36. The normalized spacial score (nSPS) is 11.9. The largest absolute Gasteiger partial charge is 0.478 e. The molecule has 0 spiro atoms. The predicted octanol–water partition coefficient (Wildman–Crippen LogP) is 2.47. The van der Waals surface area contributed by atoms with Crippen LogP contribution < -0.4 is 0 Å². The standard InChI is InChI=1S/C13H16O4/c1-9(12(14)15)8-10-4-6-11(7-5-10)13(16-2)17-3/h4-8,13H,1-3H3,(H,14,15). The first-order valence-corrected chi connectivity index (χ1v) is 5.15. The van der Waals surface area contributed by atoms with E-state index in [1.165, 1.54) is 0 Å². The maximum absolute atomic E-state index is 10.7. The molecule has 1 N–H and O–H groups in total. The van der Waals surface area contributed by atoms with Gasteiger partial charge in [0.15, 0.2) is 6.29 Å². The van der Waals surface area contributed by atoms with Gasteiger partial charge in [-0.25, -0.2) is 4.79 Å². The van der Waals surface area contributed by atoms with E-state index in [0.717, 1.165) is 11.1 Å². The van der Waals surface area contributed by atoms with Gasteiger partial charge in [-0.05, 0) is 18.6 Å². The number of benzene rings is 1. The molecule has 4 heteroatoms. The van der Waals surface area contributed by atoms with Crippen LogP contribution in [0.2, 0.25) is 0 Å². The first-order valence-electron chi connectivity index (χ1n) is 5.15. The lowest BCUT2D eigenvalue weighted by Crippen LogP contribution is -2.03. The Hall–Kier alpha value is -1.65. The molecule has 1 aromatic carbocycles. The van der Waals surface area contributed by atoms with Gasteiger partial charge in [0.1, 0.15) is 0 Å². The van der Waals surface area contributed by atoms with Gasteiger partial charge in [0, 0.05) is 25.4 Å². The van der Waals surface area contributed by atoms with Crippen LogP contribution in [0, 0.1) is 0 Å². The van der Waals surface area contributed by atoms with Crippen molar-refractivity contribution >= 4 is 12.0 Å². The van der Waals surface area contributed by atoms with E-state index in [0.29, 0.717) is 5.57 Å². The van der Waals surface area contributed by atoms with Gasteiger partial charge in [0.25, 0.3) is 0 Å². The Kier molecular flexibility index (Phi) is 4.87. The minimum atomic E-state index is -0.916. The number of ether oxygens (including phenoxy) is 2. The highest BCUT2D eigenvalue weighted by atomic mass is 16.7. The van der Waals surface area contributed by atoms with Crippen LogP contribution in [0.5, 0.6) is 0 Å². The first-order chi connectivity index (χ1) is 8.08. The Labute approximate surface area is 100 Å². The summed E-state index contributed by atoms with van der Waals surface area (Å²) >= 11 is 0. The van der Waals surface area contributed by atoms with Crippen LogP contribution >= 0.6 is 0 Å². The topological polar surface area (TPSA) is 55.8 Å². The lowest BCUT2D eigenvalue weighted by atomic mass is 10.1. The maximum atomic E-state index is 10.7. The summed E-state index contributed by atoms with van der Waals surface area (Å²) in [6, 6.07) is 7.34. The molecule has 0 unspecified atom stereocenters. The predicted molar refractivity (Wildman–Crippen MR) is 64.5 cm³/mol. The highest BCUT2D eigenvalue weighted by molar-refractivity contribution is 5.91. The number of hydrogen-bond acceptors (Lipinski definition) is 3. The SMILES string of the molecule is COC(OC)c1ccc(C=C(C)C(=O)O)cc1. The lowest BCUT2D eigenvalue weighted by Gasteiger charge is -2.13. The van der Waals surface area contributed by atoms with Gasteiger partial charge < -0.3 is 14.6 Å². The number of rotatable bonds is 5. The number of methoxy groups -OCH3 is 2. The van der Waals surface area contributed by atoms with Crippen molar-refractivity contribution in [2.45, 2.75) is 13.2 Å². The molecule has 0 fully saturated rings. The monoisotopic (exact) mass is 236 g/mol. The van der Waals surface area contributed by atoms with E-state index < -0.39 is 12.3 Å². The van der Waals surface area contributed by atoms with Crippen LogP contribution in [0.3, 0.4) is 0 Å². The Bertz CT molecular complexity index is 402. The molecular weight excluding hydrogens is 220 g/mol. The maximum Gasteiger partial charge on any atom is 0.331 e. The molecule has 4 nitrogen and oxygen atoms in total. The third-order valence-electron chi connectivity index (χ3n) is 2.36. The van der Waals surface area contributed by atoms with Crippen molar-refractivity contribution in [3.8, 4) is 0 Å². The van der Waals surface area contributed by atoms with E-state index in [9.17, 15) is 4.79 Å². The molecule has 92 valence electrons. The van der Waals surface area contributed by atoms with E-state index in [1.54, 1.807) is 27.2 Å². The smallest absolute Gasteiger partial charge is 0.331 e. The second-order valence-corrected chi connectivity index (χ2v) is 3.60. The summed E-state index contributed by atoms with van der Waals surface area (Å²) in [4.78, 5) is 10.7. The molecule has 17 heavy (non-hydrogen) atoms. The molecular formula is C13H16O4. The van der Waals surface area contributed by atoms with Crippen LogP contribution in [0.15, 0.2) is 29.8 Å². The fourth-order valence-corrected chi connectivity index (χ4v) is 1.43. The first kappa shape index (κ1) is 13.4. The average molecular weight is 236 g/mol. The third kappa shape index (κ3) is 3.69. The Balaban J connectivity index is 2.88. The van der Waals surface area contributed by atoms with E-state index in [1.807, 2.05) is 24.3 Å². The number of carboxylic acids is 1. The van der Waals surface area contributed by atoms with Crippen molar-refractivity contribution in [1.82, 2.24) is 0 Å². The zero-order chi connectivity index (χ0) is 12.8. The van der Waals surface area contributed by atoms with Crippen molar-refractivity contribution in [3.05, 3.63) is 41.0 Å². The Morgan fingerprint density at radius 2 is 1.76 bits per heavy atom. The number of hydrogen-bond donors (Lipinski definition) is 1. The fraction of sp³-hybridized carbons (Fsp3) is 0.308. The molecule has 0 atom stereocenters. The molecule has 0 aliphatic rings. The molecule has 0 heterocycles. The van der Waals surface area contributed by atoms with E-state index >= 15 is 0 Å². The van der Waals surface area contributed by atoms with E-state index in [-0.39, 0.29) is 0 Å². The molecule has 0 aromatic heterocycles.